The summed E-state index contributed by atoms with van der Waals surface area (Å²) in [4.78, 5) is 12.5. The Hall–Kier alpha value is -0.453. The minimum Gasteiger partial charge on any atom is -0.416 e. The lowest BCUT2D eigenvalue weighted by molar-refractivity contribution is -0.146. The molecule has 23 heavy (non-hydrogen) atoms. The van der Waals surface area contributed by atoms with E-state index in [2.05, 4.69) is 53.7 Å². The van der Waals surface area contributed by atoms with Crippen molar-refractivity contribution in [2.24, 2.45) is 5.92 Å². The summed E-state index contributed by atoms with van der Waals surface area (Å²) >= 11 is 0. The molecular formula is C19H34O3Si. The summed E-state index contributed by atoms with van der Waals surface area (Å²) in [6, 6.07) is 0. The largest absolute Gasteiger partial charge is 0.416 e. The maximum atomic E-state index is 12.5. The van der Waals surface area contributed by atoms with E-state index in [1.54, 1.807) is 0 Å². The van der Waals surface area contributed by atoms with Gasteiger partial charge in [0.15, 0.2) is 8.32 Å². The molecule has 0 aliphatic carbocycles. The minimum atomic E-state index is -1.84. The Morgan fingerprint density at radius 1 is 1.22 bits per heavy atom. The maximum Gasteiger partial charge on any atom is 0.200 e. The summed E-state index contributed by atoms with van der Waals surface area (Å²) in [6.45, 7) is 16.5. The SMILES string of the molecule is CC(C)[Si](OCCC1C(=O)C[C@]2(C)C=C[C@H]1O2)(C(C)C)C(C)C. The van der Waals surface area contributed by atoms with E-state index in [9.17, 15) is 4.79 Å². The fraction of sp³-hybridized carbons (Fsp3) is 0.842. The standard InChI is InChI=1S/C19H34O3Si/c1-13(2)23(14(3)4,15(5)6)21-11-9-16-17(20)12-19(7)10-8-18(16)22-19/h8,10,13-16,18H,9,11-12H2,1-7H3/t16?,18-,19+/m1/s1. The van der Waals surface area contributed by atoms with Gasteiger partial charge in [0.05, 0.1) is 11.7 Å². The normalized spacial score (nSPS) is 31.0. The second kappa shape index (κ2) is 6.81. The molecule has 0 aromatic carbocycles. The zero-order valence-corrected chi connectivity index (χ0v) is 16.9. The number of Topliss-reactive ketones (excluding diaryl/α,β-unsaturated/α-hetero) is 1. The quantitative estimate of drug-likeness (QED) is 0.490. The smallest absolute Gasteiger partial charge is 0.200 e. The highest BCUT2D eigenvalue weighted by molar-refractivity contribution is 6.77. The first kappa shape index (κ1) is 18.9. The number of hydrogen-bond donors (Lipinski definition) is 0. The van der Waals surface area contributed by atoms with Crippen molar-refractivity contribution in [1.82, 2.24) is 0 Å². The van der Waals surface area contributed by atoms with Crippen LogP contribution in [-0.4, -0.2) is 32.4 Å². The van der Waals surface area contributed by atoms with Crippen LogP contribution in [0.25, 0.3) is 0 Å². The van der Waals surface area contributed by atoms with Crippen molar-refractivity contribution in [2.45, 2.75) is 89.6 Å². The molecule has 2 heterocycles. The molecule has 2 aliphatic rings. The van der Waals surface area contributed by atoms with Gasteiger partial charge in [-0.2, -0.15) is 0 Å². The lowest BCUT2D eigenvalue weighted by Gasteiger charge is -2.43. The predicted molar refractivity (Wildman–Crippen MR) is 97.1 cm³/mol. The van der Waals surface area contributed by atoms with Crippen LogP contribution in [0.4, 0.5) is 0 Å². The second-order valence-corrected chi connectivity index (χ2v) is 13.9. The van der Waals surface area contributed by atoms with E-state index < -0.39 is 8.32 Å². The molecule has 1 fully saturated rings. The molecule has 3 atom stereocenters. The summed E-state index contributed by atoms with van der Waals surface area (Å²) in [6.07, 6.45) is 5.38. The molecule has 0 amide bonds. The van der Waals surface area contributed by atoms with Crippen LogP contribution in [-0.2, 0) is 14.0 Å². The third kappa shape index (κ3) is 3.49. The monoisotopic (exact) mass is 338 g/mol. The van der Waals surface area contributed by atoms with Gasteiger partial charge < -0.3 is 9.16 Å². The third-order valence-electron chi connectivity index (χ3n) is 5.87. The number of carbonyl (C=O) groups excluding carboxylic acids is 1. The molecule has 2 rings (SSSR count). The number of rotatable bonds is 7. The first-order valence-corrected chi connectivity index (χ1v) is 11.3. The molecular weight excluding hydrogens is 304 g/mol. The third-order valence-corrected chi connectivity index (χ3v) is 12.0. The fourth-order valence-corrected chi connectivity index (χ4v) is 10.3. The molecule has 1 unspecified atom stereocenters. The second-order valence-electron chi connectivity index (χ2n) is 8.46. The van der Waals surface area contributed by atoms with Crippen LogP contribution in [0.5, 0.6) is 0 Å². The molecule has 0 saturated carbocycles. The zero-order valence-electron chi connectivity index (χ0n) is 15.9. The Morgan fingerprint density at radius 2 is 1.78 bits per heavy atom. The minimum absolute atomic E-state index is 0.0278. The molecule has 0 spiro atoms. The Kier molecular flexibility index (Phi) is 5.59. The number of fused-ring (bicyclic) bond motifs is 2. The van der Waals surface area contributed by atoms with Gasteiger partial charge in [-0.15, -0.1) is 0 Å². The van der Waals surface area contributed by atoms with Crippen LogP contribution in [0.3, 0.4) is 0 Å². The van der Waals surface area contributed by atoms with Gasteiger partial charge in [0.2, 0.25) is 0 Å². The van der Waals surface area contributed by atoms with Crippen LogP contribution >= 0.6 is 0 Å². The summed E-state index contributed by atoms with van der Waals surface area (Å²) in [5, 5.41) is 0. The van der Waals surface area contributed by atoms with Gasteiger partial charge in [-0.1, -0.05) is 53.7 Å². The van der Waals surface area contributed by atoms with E-state index in [0.717, 1.165) is 6.42 Å². The van der Waals surface area contributed by atoms with Crippen molar-refractivity contribution in [1.29, 1.82) is 0 Å². The van der Waals surface area contributed by atoms with Crippen molar-refractivity contribution < 1.29 is 14.0 Å². The van der Waals surface area contributed by atoms with E-state index in [1.165, 1.54) is 0 Å². The summed E-state index contributed by atoms with van der Waals surface area (Å²) in [5.74, 6) is 0.309. The maximum absolute atomic E-state index is 12.5. The highest BCUT2D eigenvalue weighted by Gasteiger charge is 2.47. The fourth-order valence-electron chi connectivity index (χ4n) is 4.85. The molecule has 1 saturated heterocycles. The lowest BCUT2D eigenvalue weighted by Crippen LogP contribution is -2.49. The first-order chi connectivity index (χ1) is 10.6. The number of carbonyl (C=O) groups is 1. The van der Waals surface area contributed by atoms with Crippen LogP contribution in [0.15, 0.2) is 12.2 Å². The van der Waals surface area contributed by atoms with Crippen molar-refractivity contribution in [3.05, 3.63) is 12.2 Å². The van der Waals surface area contributed by atoms with Crippen LogP contribution < -0.4 is 0 Å². The molecule has 132 valence electrons. The van der Waals surface area contributed by atoms with Gasteiger partial charge in [-0.25, -0.2) is 0 Å². The summed E-state index contributed by atoms with van der Waals surface area (Å²) in [5.41, 5.74) is 1.38. The Balaban J connectivity index is 2.00. The van der Waals surface area contributed by atoms with Crippen LogP contribution in [0.1, 0.15) is 61.3 Å². The zero-order chi connectivity index (χ0) is 17.4. The van der Waals surface area contributed by atoms with Gasteiger partial charge in [0, 0.05) is 18.9 Å². The van der Waals surface area contributed by atoms with E-state index in [4.69, 9.17) is 9.16 Å². The highest BCUT2D eigenvalue weighted by Crippen LogP contribution is 2.43. The van der Waals surface area contributed by atoms with Gasteiger partial charge in [-0.05, 0) is 30.0 Å². The van der Waals surface area contributed by atoms with Crippen LogP contribution in [0, 0.1) is 5.92 Å². The molecule has 0 radical (unpaired) electrons. The van der Waals surface area contributed by atoms with Crippen molar-refractivity contribution in [2.75, 3.05) is 6.61 Å². The van der Waals surface area contributed by atoms with Crippen molar-refractivity contribution >= 4 is 14.1 Å². The molecule has 3 nitrogen and oxygen atoms in total. The topological polar surface area (TPSA) is 35.5 Å². The number of hydrogen-bond acceptors (Lipinski definition) is 3. The van der Waals surface area contributed by atoms with Gasteiger partial charge in [0.25, 0.3) is 0 Å². The average Bonchev–Trinajstić information content (AvgIpc) is 2.73. The van der Waals surface area contributed by atoms with Gasteiger partial charge >= 0.3 is 0 Å². The number of ketones is 1. The molecule has 0 aromatic rings. The molecule has 0 aromatic heterocycles. The molecule has 4 heteroatoms. The van der Waals surface area contributed by atoms with Crippen molar-refractivity contribution in [3.8, 4) is 0 Å². The Labute approximate surface area is 142 Å². The molecule has 0 N–H and O–H groups in total. The Morgan fingerprint density at radius 3 is 2.30 bits per heavy atom. The molecule has 2 bridgehead atoms. The highest BCUT2D eigenvalue weighted by atomic mass is 28.4. The van der Waals surface area contributed by atoms with E-state index >= 15 is 0 Å². The lowest BCUT2D eigenvalue weighted by atomic mass is 9.87. The predicted octanol–water partition coefficient (Wildman–Crippen LogP) is 4.87. The number of ether oxygens (including phenoxy) is 1. The molecule has 2 aliphatic heterocycles. The van der Waals surface area contributed by atoms with E-state index in [-0.39, 0.29) is 17.6 Å². The average molecular weight is 339 g/mol. The Bertz CT molecular complexity index is 447. The summed E-state index contributed by atoms with van der Waals surface area (Å²) in [7, 11) is -1.84. The van der Waals surface area contributed by atoms with E-state index in [1.807, 2.05) is 6.92 Å². The van der Waals surface area contributed by atoms with Gasteiger partial charge in [0.1, 0.15) is 5.78 Å². The summed E-state index contributed by atoms with van der Waals surface area (Å²) < 4.78 is 12.6. The van der Waals surface area contributed by atoms with Crippen molar-refractivity contribution in [3.63, 3.8) is 0 Å². The first-order valence-electron chi connectivity index (χ1n) is 9.16. The van der Waals surface area contributed by atoms with Crippen LogP contribution in [0.2, 0.25) is 16.6 Å². The van der Waals surface area contributed by atoms with E-state index in [0.29, 0.717) is 35.4 Å². The van der Waals surface area contributed by atoms with Gasteiger partial charge in [-0.3, -0.25) is 4.79 Å².